The molecule has 2 amide bonds. The number of morpholine rings is 1. The van der Waals surface area contributed by atoms with Crippen LogP contribution in [0.5, 0.6) is 11.5 Å². The maximum Gasteiger partial charge on any atom is 0.266 e. The Hall–Kier alpha value is -2.34. The van der Waals surface area contributed by atoms with E-state index in [9.17, 15) is 9.59 Å². The predicted molar refractivity (Wildman–Crippen MR) is 131 cm³/mol. The zero-order valence-corrected chi connectivity index (χ0v) is 21.0. The number of ether oxygens (including phenoxy) is 3. The first-order valence-electron chi connectivity index (χ1n) is 10.1. The van der Waals surface area contributed by atoms with Crippen molar-refractivity contribution in [1.29, 1.82) is 0 Å². The van der Waals surface area contributed by atoms with Gasteiger partial charge in [0, 0.05) is 13.1 Å². The van der Waals surface area contributed by atoms with Crippen LogP contribution in [0.4, 0.5) is 0 Å². The number of rotatable bonds is 7. The number of benzene rings is 1. The van der Waals surface area contributed by atoms with Crippen LogP contribution in [0.15, 0.2) is 44.3 Å². The third kappa shape index (κ3) is 5.60. The second-order valence-electron chi connectivity index (χ2n) is 7.16. The summed E-state index contributed by atoms with van der Waals surface area (Å²) in [6.45, 7) is 2.34. The fourth-order valence-corrected chi connectivity index (χ4v) is 5.18. The fourth-order valence-electron chi connectivity index (χ4n) is 3.35. The van der Waals surface area contributed by atoms with Crippen molar-refractivity contribution in [2.75, 3.05) is 40.0 Å². The first-order chi connectivity index (χ1) is 16.0. The Labute approximate surface area is 208 Å². The highest BCUT2D eigenvalue weighted by molar-refractivity contribution is 9.10. The molecule has 174 valence electrons. The Balaban J connectivity index is 1.48. The lowest BCUT2D eigenvalue weighted by Crippen LogP contribution is -2.43. The molecule has 0 spiro atoms. The third-order valence-electron chi connectivity index (χ3n) is 5.02. The number of hydrogen-bond acceptors (Lipinski definition) is 8. The van der Waals surface area contributed by atoms with Crippen molar-refractivity contribution in [2.45, 2.75) is 6.54 Å². The summed E-state index contributed by atoms with van der Waals surface area (Å²) in [7, 11) is 1.52. The maximum absolute atomic E-state index is 12.9. The molecule has 8 nitrogen and oxygen atoms in total. The number of methoxy groups -OCH3 is 1. The molecule has 4 rings (SSSR count). The maximum atomic E-state index is 12.9. The highest BCUT2D eigenvalue weighted by Gasteiger charge is 2.32. The van der Waals surface area contributed by atoms with Gasteiger partial charge in [-0.25, -0.2) is 0 Å². The predicted octanol–water partition coefficient (Wildman–Crippen LogP) is 3.69. The van der Waals surface area contributed by atoms with Crippen molar-refractivity contribution >= 4 is 62.1 Å². The fraction of sp³-hybridized carbons (Fsp3) is 0.318. The molecule has 1 aromatic carbocycles. The molecule has 2 aliphatic rings. The van der Waals surface area contributed by atoms with Crippen molar-refractivity contribution in [1.82, 2.24) is 9.80 Å². The molecule has 2 aromatic rings. The zero-order chi connectivity index (χ0) is 23.4. The molecule has 2 saturated heterocycles. The molecule has 0 atom stereocenters. The van der Waals surface area contributed by atoms with Crippen LogP contribution in [-0.2, 0) is 20.9 Å². The van der Waals surface area contributed by atoms with E-state index in [0.717, 1.165) is 5.56 Å². The number of amides is 2. The molecule has 2 fully saturated rings. The minimum absolute atomic E-state index is 0.111. The Morgan fingerprint density at radius 2 is 2.12 bits per heavy atom. The van der Waals surface area contributed by atoms with E-state index in [1.165, 1.54) is 23.8 Å². The van der Waals surface area contributed by atoms with Crippen molar-refractivity contribution in [3.8, 4) is 11.5 Å². The second kappa shape index (κ2) is 10.7. The van der Waals surface area contributed by atoms with E-state index in [2.05, 4.69) is 15.9 Å². The Bertz CT molecular complexity index is 1080. The van der Waals surface area contributed by atoms with Crippen LogP contribution in [0.3, 0.4) is 0 Å². The van der Waals surface area contributed by atoms with Crippen LogP contribution in [-0.4, -0.2) is 66.0 Å². The Morgan fingerprint density at radius 3 is 2.82 bits per heavy atom. The van der Waals surface area contributed by atoms with Crippen molar-refractivity contribution < 1.29 is 28.2 Å². The summed E-state index contributed by atoms with van der Waals surface area (Å²) in [6.07, 6.45) is 3.31. The number of halogens is 1. The number of hydrogen-bond donors (Lipinski definition) is 0. The van der Waals surface area contributed by atoms with Gasteiger partial charge in [-0.2, -0.15) is 0 Å². The number of furan rings is 1. The quantitative estimate of drug-likeness (QED) is 0.380. The van der Waals surface area contributed by atoms with Crippen LogP contribution in [0.1, 0.15) is 11.3 Å². The highest BCUT2D eigenvalue weighted by Crippen LogP contribution is 2.39. The first-order valence-corrected chi connectivity index (χ1v) is 12.1. The van der Waals surface area contributed by atoms with E-state index in [1.807, 2.05) is 0 Å². The number of carbonyl (C=O) groups is 2. The van der Waals surface area contributed by atoms with Crippen molar-refractivity contribution in [3.05, 3.63) is 51.2 Å². The lowest BCUT2D eigenvalue weighted by atomic mass is 10.2. The Kier molecular flexibility index (Phi) is 7.74. The summed E-state index contributed by atoms with van der Waals surface area (Å²) >= 11 is 10.1. The SMILES string of the molecule is COc1cc(/C=C2\SC(=S)N(Cc3ccco3)C2=O)cc(Br)c1OCC(=O)N1CCOCC1. The third-order valence-corrected chi connectivity index (χ3v) is 6.99. The summed E-state index contributed by atoms with van der Waals surface area (Å²) in [5.41, 5.74) is 0.726. The van der Waals surface area contributed by atoms with Gasteiger partial charge in [0.15, 0.2) is 18.1 Å². The first kappa shape index (κ1) is 23.8. The second-order valence-corrected chi connectivity index (χ2v) is 9.69. The van der Waals surface area contributed by atoms with Gasteiger partial charge in [0.25, 0.3) is 11.8 Å². The lowest BCUT2D eigenvalue weighted by Gasteiger charge is -2.27. The van der Waals surface area contributed by atoms with E-state index < -0.39 is 0 Å². The molecule has 0 bridgehead atoms. The van der Waals surface area contributed by atoms with E-state index in [4.69, 9.17) is 30.8 Å². The molecule has 0 radical (unpaired) electrons. The normalized spacial score (nSPS) is 17.7. The van der Waals surface area contributed by atoms with Crippen LogP contribution in [0.25, 0.3) is 6.08 Å². The van der Waals surface area contributed by atoms with E-state index >= 15 is 0 Å². The van der Waals surface area contributed by atoms with Crippen molar-refractivity contribution in [3.63, 3.8) is 0 Å². The molecule has 2 aliphatic heterocycles. The van der Waals surface area contributed by atoms with Gasteiger partial charge in [-0.15, -0.1) is 0 Å². The summed E-state index contributed by atoms with van der Waals surface area (Å²) in [5, 5.41) is 0. The molecule has 33 heavy (non-hydrogen) atoms. The minimum Gasteiger partial charge on any atom is -0.493 e. The zero-order valence-electron chi connectivity index (χ0n) is 17.7. The molecule has 0 N–H and O–H groups in total. The molecule has 0 saturated carbocycles. The average Bonchev–Trinajstić information content (AvgIpc) is 3.42. The number of nitrogens with zero attached hydrogens (tertiary/aromatic N) is 2. The number of thioether (sulfide) groups is 1. The molecule has 0 aliphatic carbocycles. The van der Waals surface area contributed by atoms with Gasteiger partial charge in [-0.05, 0) is 51.8 Å². The molecule has 1 aromatic heterocycles. The van der Waals surface area contributed by atoms with E-state index in [-0.39, 0.29) is 25.0 Å². The topological polar surface area (TPSA) is 81.4 Å². The summed E-state index contributed by atoms with van der Waals surface area (Å²) in [5.74, 6) is 1.22. The monoisotopic (exact) mass is 552 g/mol. The molecular weight excluding hydrogens is 532 g/mol. The molecule has 0 unspecified atom stereocenters. The summed E-state index contributed by atoms with van der Waals surface area (Å²) in [4.78, 5) is 29.0. The van der Waals surface area contributed by atoms with Gasteiger partial charge >= 0.3 is 0 Å². The van der Waals surface area contributed by atoms with Crippen LogP contribution in [0.2, 0.25) is 0 Å². The molecular formula is C22H21BrN2O6S2. The highest BCUT2D eigenvalue weighted by atomic mass is 79.9. The standard InChI is InChI=1S/C22H21BrN2O6S2/c1-28-17-10-14(9-16(23)20(17)31-13-19(26)24-4-7-29-8-5-24)11-18-21(27)25(22(32)33-18)12-15-3-2-6-30-15/h2-3,6,9-11H,4-5,7-8,12-13H2,1H3/b18-11-. The number of carbonyl (C=O) groups excluding carboxylic acids is 2. The van der Waals surface area contributed by atoms with Crippen LogP contribution >= 0.6 is 39.9 Å². The smallest absolute Gasteiger partial charge is 0.266 e. The van der Waals surface area contributed by atoms with Gasteiger partial charge in [-0.1, -0.05) is 24.0 Å². The van der Waals surface area contributed by atoms with E-state index in [1.54, 1.807) is 41.5 Å². The molecule has 3 heterocycles. The average molecular weight is 553 g/mol. The van der Waals surface area contributed by atoms with Crippen LogP contribution < -0.4 is 9.47 Å². The summed E-state index contributed by atoms with van der Waals surface area (Å²) < 4.78 is 22.9. The van der Waals surface area contributed by atoms with Gasteiger partial charge in [0.05, 0.1) is 42.5 Å². The largest absolute Gasteiger partial charge is 0.493 e. The van der Waals surface area contributed by atoms with Gasteiger partial charge < -0.3 is 23.5 Å². The van der Waals surface area contributed by atoms with Crippen LogP contribution in [0, 0.1) is 0 Å². The van der Waals surface area contributed by atoms with Gasteiger partial charge in [0.2, 0.25) is 0 Å². The van der Waals surface area contributed by atoms with Gasteiger partial charge in [-0.3, -0.25) is 14.5 Å². The molecule has 11 heteroatoms. The van der Waals surface area contributed by atoms with Gasteiger partial charge in [0.1, 0.15) is 10.1 Å². The number of thiocarbonyl (C=S) groups is 1. The van der Waals surface area contributed by atoms with E-state index in [0.29, 0.717) is 57.3 Å². The van der Waals surface area contributed by atoms with Crippen molar-refractivity contribution in [2.24, 2.45) is 0 Å². The minimum atomic E-state index is -0.187. The Morgan fingerprint density at radius 1 is 1.33 bits per heavy atom. The summed E-state index contributed by atoms with van der Waals surface area (Å²) in [6, 6.07) is 7.12. The lowest BCUT2D eigenvalue weighted by molar-refractivity contribution is -0.137.